The van der Waals surface area contributed by atoms with Crippen LogP contribution in [-0.2, 0) is 0 Å². The number of hydrogen-bond acceptors (Lipinski definition) is 5. The molecule has 0 aliphatic rings. The summed E-state index contributed by atoms with van der Waals surface area (Å²) in [5, 5.41) is 7.21. The molecule has 0 atom stereocenters. The lowest BCUT2D eigenvalue weighted by atomic mass is 10.2. The Morgan fingerprint density at radius 3 is 2.28 bits per heavy atom. The highest BCUT2D eigenvalue weighted by Gasteiger charge is 2.19. The Bertz CT molecular complexity index is 1180. The van der Waals surface area contributed by atoms with E-state index in [-0.39, 0.29) is 11.1 Å². The van der Waals surface area contributed by atoms with Gasteiger partial charge in [-0.3, -0.25) is 9.59 Å². The van der Waals surface area contributed by atoms with E-state index in [9.17, 15) is 9.59 Å². The first-order valence-electron chi connectivity index (χ1n) is 9.90. The topological polar surface area (TPSA) is 80.1 Å². The van der Waals surface area contributed by atoms with E-state index in [1.807, 2.05) is 66.7 Å². The summed E-state index contributed by atoms with van der Waals surface area (Å²) in [5.41, 5.74) is 2.21. The molecule has 0 saturated heterocycles. The Balaban J connectivity index is 1.62. The van der Waals surface area contributed by atoms with Gasteiger partial charge in [0.25, 0.3) is 11.1 Å². The molecule has 0 bridgehead atoms. The molecule has 0 radical (unpaired) electrons. The molecule has 32 heavy (non-hydrogen) atoms. The van der Waals surface area contributed by atoms with Crippen molar-refractivity contribution in [2.45, 2.75) is 4.90 Å². The maximum atomic E-state index is 13.0. The van der Waals surface area contributed by atoms with Gasteiger partial charge in [0.2, 0.25) is 5.82 Å². The molecule has 3 aromatic carbocycles. The van der Waals surface area contributed by atoms with E-state index in [1.54, 1.807) is 37.0 Å². The van der Waals surface area contributed by atoms with E-state index in [1.165, 1.54) is 4.90 Å². The normalized spacial score (nSPS) is 10.6. The van der Waals surface area contributed by atoms with Gasteiger partial charge in [-0.2, -0.15) is 0 Å². The predicted octanol–water partition coefficient (Wildman–Crippen LogP) is 4.96. The van der Waals surface area contributed by atoms with Crippen molar-refractivity contribution in [3.8, 4) is 17.1 Å². The molecule has 4 rings (SSSR count). The third kappa shape index (κ3) is 4.87. The molecule has 160 valence electrons. The molecule has 0 aliphatic carbocycles. The summed E-state index contributed by atoms with van der Waals surface area (Å²) in [5.74, 6) is 0.191. The van der Waals surface area contributed by atoms with Crippen molar-refractivity contribution >= 4 is 28.6 Å². The number of amides is 2. The van der Waals surface area contributed by atoms with E-state index in [0.717, 1.165) is 27.9 Å². The quantitative estimate of drug-likeness (QED) is 0.441. The lowest BCUT2D eigenvalue weighted by Gasteiger charge is -2.10. The summed E-state index contributed by atoms with van der Waals surface area (Å²) in [7, 11) is 3.39. The standard InChI is InChI=1S/C24H21N5O2S/c1-28(2)24(31)32-20-15-9-12-18(16-20)25-23(30)21-26-22(17-10-5-3-6-11-17)29(27-21)19-13-7-4-8-14-19/h3-16H,1-2H3,(H,25,30). The van der Waals surface area contributed by atoms with Crippen LogP contribution in [-0.4, -0.2) is 44.9 Å². The van der Waals surface area contributed by atoms with Crippen molar-refractivity contribution in [1.82, 2.24) is 19.7 Å². The molecular formula is C24H21N5O2S. The largest absolute Gasteiger partial charge is 0.339 e. The van der Waals surface area contributed by atoms with Gasteiger partial charge in [0.1, 0.15) is 0 Å². The number of aromatic nitrogens is 3. The van der Waals surface area contributed by atoms with Crippen molar-refractivity contribution in [2.75, 3.05) is 19.4 Å². The Morgan fingerprint density at radius 2 is 1.59 bits per heavy atom. The second-order valence-corrected chi connectivity index (χ2v) is 8.14. The SMILES string of the molecule is CN(C)C(=O)Sc1cccc(NC(=O)c2nc(-c3ccccc3)n(-c3ccccc3)n2)c1. The number of thioether (sulfide) groups is 1. The fourth-order valence-electron chi connectivity index (χ4n) is 2.95. The van der Waals surface area contributed by atoms with Gasteiger partial charge in [0.15, 0.2) is 5.82 Å². The molecule has 7 nitrogen and oxygen atoms in total. The van der Waals surface area contributed by atoms with Gasteiger partial charge in [-0.1, -0.05) is 54.6 Å². The smallest absolute Gasteiger partial charge is 0.295 e. The van der Waals surface area contributed by atoms with Crippen LogP contribution in [0.4, 0.5) is 10.5 Å². The van der Waals surface area contributed by atoms with Crippen molar-refractivity contribution < 1.29 is 9.59 Å². The number of carbonyl (C=O) groups excluding carboxylic acids is 2. The summed E-state index contributed by atoms with van der Waals surface area (Å²) in [6, 6.07) is 26.3. The van der Waals surface area contributed by atoms with Crippen LogP contribution in [0, 0.1) is 0 Å². The molecule has 4 aromatic rings. The van der Waals surface area contributed by atoms with Gasteiger partial charge in [0.05, 0.1) is 5.69 Å². The van der Waals surface area contributed by atoms with Crippen molar-refractivity contribution in [3.05, 3.63) is 90.8 Å². The number of anilines is 1. The van der Waals surface area contributed by atoms with Crippen LogP contribution in [0.2, 0.25) is 0 Å². The number of carbonyl (C=O) groups is 2. The van der Waals surface area contributed by atoms with Gasteiger partial charge in [-0.25, -0.2) is 9.67 Å². The minimum absolute atomic E-state index is 0.0510. The Hall–Kier alpha value is -3.91. The lowest BCUT2D eigenvalue weighted by molar-refractivity contribution is 0.101. The zero-order chi connectivity index (χ0) is 22.5. The Labute approximate surface area is 190 Å². The lowest BCUT2D eigenvalue weighted by Crippen LogP contribution is -2.16. The number of benzene rings is 3. The molecule has 0 saturated carbocycles. The van der Waals surface area contributed by atoms with E-state index >= 15 is 0 Å². The fourth-order valence-corrected chi connectivity index (χ4v) is 3.66. The van der Waals surface area contributed by atoms with E-state index in [4.69, 9.17) is 0 Å². The van der Waals surface area contributed by atoms with Crippen LogP contribution in [0.1, 0.15) is 10.6 Å². The molecule has 0 spiro atoms. The van der Waals surface area contributed by atoms with Crippen LogP contribution >= 0.6 is 11.8 Å². The average molecular weight is 444 g/mol. The molecular weight excluding hydrogens is 422 g/mol. The summed E-state index contributed by atoms with van der Waals surface area (Å²) in [6.07, 6.45) is 0. The summed E-state index contributed by atoms with van der Waals surface area (Å²) >= 11 is 1.09. The number of rotatable bonds is 5. The van der Waals surface area contributed by atoms with E-state index < -0.39 is 5.91 Å². The van der Waals surface area contributed by atoms with Crippen molar-refractivity contribution in [2.24, 2.45) is 0 Å². The number of nitrogens with one attached hydrogen (secondary N) is 1. The zero-order valence-electron chi connectivity index (χ0n) is 17.6. The number of hydrogen-bond donors (Lipinski definition) is 1. The minimum Gasteiger partial charge on any atom is -0.339 e. The van der Waals surface area contributed by atoms with Crippen LogP contribution in [0.3, 0.4) is 0 Å². The summed E-state index contributed by atoms with van der Waals surface area (Å²) in [6.45, 7) is 0. The summed E-state index contributed by atoms with van der Waals surface area (Å²) < 4.78 is 1.66. The molecule has 0 aliphatic heterocycles. The Morgan fingerprint density at radius 1 is 0.906 bits per heavy atom. The fraction of sp³-hybridized carbons (Fsp3) is 0.0833. The van der Waals surface area contributed by atoms with Crippen LogP contribution in [0.5, 0.6) is 0 Å². The number of para-hydroxylation sites is 1. The maximum absolute atomic E-state index is 13.0. The van der Waals surface area contributed by atoms with Gasteiger partial charge in [-0.05, 0) is 42.1 Å². The Kier molecular flexibility index (Phi) is 6.32. The zero-order valence-corrected chi connectivity index (χ0v) is 18.4. The first kappa shape index (κ1) is 21.3. The van der Waals surface area contributed by atoms with E-state index in [2.05, 4.69) is 15.4 Å². The molecule has 1 N–H and O–H groups in total. The molecule has 2 amide bonds. The van der Waals surface area contributed by atoms with Gasteiger partial charge >= 0.3 is 0 Å². The monoisotopic (exact) mass is 443 g/mol. The molecule has 0 unspecified atom stereocenters. The first-order valence-corrected chi connectivity index (χ1v) is 10.7. The summed E-state index contributed by atoms with van der Waals surface area (Å²) in [4.78, 5) is 31.7. The molecule has 1 heterocycles. The first-order chi connectivity index (χ1) is 15.5. The van der Waals surface area contributed by atoms with Crippen molar-refractivity contribution in [1.29, 1.82) is 0 Å². The maximum Gasteiger partial charge on any atom is 0.295 e. The second-order valence-electron chi connectivity index (χ2n) is 7.12. The van der Waals surface area contributed by atoms with Crippen LogP contribution in [0.15, 0.2) is 89.8 Å². The number of nitrogens with zero attached hydrogens (tertiary/aromatic N) is 4. The van der Waals surface area contributed by atoms with Crippen LogP contribution < -0.4 is 5.32 Å². The van der Waals surface area contributed by atoms with Gasteiger partial charge < -0.3 is 10.2 Å². The van der Waals surface area contributed by atoms with Gasteiger partial charge in [-0.15, -0.1) is 5.10 Å². The predicted molar refractivity (Wildman–Crippen MR) is 126 cm³/mol. The third-order valence-electron chi connectivity index (χ3n) is 4.51. The molecule has 8 heteroatoms. The van der Waals surface area contributed by atoms with Crippen LogP contribution in [0.25, 0.3) is 17.1 Å². The van der Waals surface area contributed by atoms with E-state index in [0.29, 0.717) is 11.5 Å². The average Bonchev–Trinajstić information content (AvgIpc) is 3.26. The third-order valence-corrected chi connectivity index (χ3v) is 5.53. The molecule has 0 fully saturated rings. The molecule has 1 aromatic heterocycles. The highest BCUT2D eigenvalue weighted by atomic mass is 32.2. The second kappa shape index (κ2) is 9.49. The van der Waals surface area contributed by atoms with Gasteiger partial charge in [0, 0.05) is 30.2 Å². The van der Waals surface area contributed by atoms with Crippen molar-refractivity contribution in [3.63, 3.8) is 0 Å². The highest BCUT2D eigenvalue weighted by Crippen LogP contribution is 2.25. The minimum atomic E-state index is -0.432. The highest BCUT2D eigenvalue weighted by molar-refractivity contribution is 8.13.